The molecule has 0 unspecified atom stereocenters. The van der Waals surface area contributed by atoms with Crippen molar-refractivity contribution in [2.45, 2.75) is 38.1 Å². The lowest BCUT2D eigenvalue weighted by molar-refractivity contribution is 0.663. The lowest BCUT2D eigenvalue weighted by Crippen LogP contribution is -2.14. The quantitative estimate of drug-likeness (QED) is 0.811. The highest BCUT2D eigenvalue weighted by Crippen LogP contribution is 2.54. The van der Waals surface area contributed by atoms with Crippen molar-refractivity contribution in [3.63, 3.8) is 0 Å². The first-order valence-electron chi connectivity index (χ1n) is 7.06. The molecular formula is C16H20N2S. The zero-order valence-electron chi connectivity index (χ0n) is 11.4. The highest BCUT2D eigenvalue weighted by molar-refractivity contribution is 7.09. The van der Waals surface area contributed by atoms with Crippen LogP contribution < -0.4 is 5.32 Å². The normalized spacial score (nSPS) is 16.5. The monoisotopic (exact) mass is 272 g/mol. The minimum absolute atomic E-state index is 0.231. The van der Waals surface area contributed by atoms with E-state index in [2.05, 4.69) is 48.0 Å². The molecule has 1 aromatic heterocycles. The van der Waals surface area contributed by atoms with Crippen molar-refractivity contribution in [3.05, 3.63) is 52.0 Å². The molecule has 3 heteroatoms. The van der Waals surface area contributed by atoms with E-state index in [1.54, 1.807) is 0 Å². The average molecular weight is 272 g/mol. The van der Waals surface area contributed by atoms with Gasteiger partial charge >= 0.3 is 0 Å². The first-order valence-corrected chi connectivity index (χ1v) is 7.94. The fourth-order valence-electron chi connectivity index (χ4n) is 2.51. The molecule has 19 heavy (non-hydrogen) atoms. The summed E-state index contributed by atoms with van der Waals surface area (Å²) in [5, 5.41) is 6.93. The smallest absolute Gasteiger partial charge is 0.103 e. The molecule has 0 radical (unpaired) electrons. The Bertz CT molecular complexity index is 529. The minimum Gasteiger partial charge on any atom is -0.311 e. The second-order valence-electron chi connectivity index (χ2n) is 5.27. The van der Waals surface area contributed by atoms with E-state index in [1.807, 2.05) is 11.3 Å². The maximum absolute atomic E-state index is 4.85. The Labute approximate surface area is 118 Å². The van der Waals surface area contributed by atoms with E-state index in [-0.39, 0.29) is 5.41 Å². The van der Waals surface area contributed by atoms with Crippen molar-refractivity contribution in [3.8, 4) is 0 Å². The largest absolute Gasteiger partial charge is 0.311 e. The molecule has 0 bridgehead atoms. The van der Waals surface area contributed by atoms with Gasteiger partial charge < -0.3 is 5.32 Å². The van der Waals surface area contributed by atoms with E-state index in [1.165, 1.54) is 35.5 Å². The van der Waals surface area contributed by atoms with Crippen molar-refractivity contribution in [2.75, 3.05) is 6.54 Å². The number of nitrogens with zero attached hydrogens (tertiary/aromatic N) is 1. The summed E-state index contributed by atoms with van der Waals surface area (Å²) in [6, 6.07) is 10.8. The van der Waals surface area contributed by atoms with Crippen LogP contribution in [0.1, 0.15) is 42.5 Å². The first kappa shape index (κ1) is 12.8. The van der Waals surface area contributed by atoms with Gasteiger partial charge in [0.2, 0.25) is 0 Å². The fraction of sp³-hybridized carbons (Fsp3) is 0.438. The van der Waals surface area contributed by atoms with E-state index in [0.29, 0.717) is 0 Å². The summed E-state index contributed by atoms with van der Waals surface area (Å²) in [6.45, 7) is 4.15. The molecule has 0 atom stereocenters. The Balaban J connectivity index is 1.76. The molecule has 0 spiro atoms. The van der Waals surface area contributed by atoms with Gasteiger partial charge in [-0.2, -0.15) is 0 Å². The van der Waals surface area contributed by atoms with Crippen LogP contribution in [0.15, 0.2) is 35.7 Å². The van der Waals surface area contributed by atoms with Crippen LogP contribution in [0, 0.1) is 0 Å². The number of hydrogen-bond donors (Lipinski definition) is 1. The number of hydrogen-bond acceptors (Lipinski definition) is 3. The molecule has 2 aromatic rings. The molecule has 1 aliphatic carbocycles. The van der Waals surface area contributed by atoms with Gasteiger partial charge in [-0.25, -0.2) is 4.98 Å². The molecule has 0 aliphatic heterocycles. The highest BCUT2D eigenvalue weighted by Gasteiger charge is 2.48. The maximum Gasteiger partial charge on any atom is 0.103 e. The van der Waals surface area contributed by atoms with E-state index in [9.17, 15) is 0 Å². The third-order valence-electron chi connectivity index (χ3n) is 3.77. The lowest BCUT2D eigenvalue weighted by Gasteiger charge is -2.12. The van der Waals surface area contributed by atoms with Crippen molar-refractivity contribution >= 4 is 11.3 Å². The second kappa shape index (κ2) is 5.43. The fourth-order valence-corrected chi connectivity index (χ4v) is 3.61. The molecule has 1 saturated carbocycles. The molecule has 1 fully saturated rings. The van der Waals surface area contributed by atoms with Crippen LogP contribution in [-0.4, -0.2) is 11.5 Å². The van der Waals surface area contributed by atoms with Crippen molar-refractivity contribution in [1.29, 1.82) is 0 Å². The zero-order chi connectivity index (χ0) is 13.1. The minimum atomic E-state index is 0.231. The summed E-state index contributed by atoms with van der Waals surface area (Å²) in [5.74, 6) is 0. The van der Waals surface area contributed by atoms with Crippen molar-refractivity contribution < 1.29 is 0 Å². The Morgan fingerprint density at radius 2 is 2.05 bits per heavy atom. The van der Waals surface area contributed by atoms with Crippen LogP contribution in [0.2, 0.25) is 0 Å². The summed E-state index contributed by atoms with van der Waals surface area (Å²) in [5.41, 5.74) is 2.85. The number of rotatable bonds is 6. The first-order chi connectivity index (χ1) is 9.35. The third kappa shape index (κ3) is 2.58. The predicted octanol–water partition coefficient (Wildman–Crippen LogP) is 3.72. The van der Waals surface area contributed by atoms with Crippen LogP contribution in [0.5, 0.6) is 0 Å². The summed E-state index contributed by atoms with van der Waals surface area (Å²) in [7, 11) is 0. The molecular weight excluding hydrogens is 252 g/mol. The molecule has 0 saturated heterocycles. The van der Waals surface area contributed by atoms with E-state index >= 15 is 0 Å². The van der Waals surface area contributed by atoms with Gasteiger partial charge in [0, 0.05) is 17.3 Å². The SMILES string of the molecule is CCCNCc1csc(C2(c3ccccc3)CC2)n1. The van der Waals surface area contributed by atoms with Gasteiger partial charge in [0.15, 0.2) is 0 Å². The molecule has 1 aliphatic rings. The van der Waals surface area contributed by atoms with Gasteiger partial charge in [-0.05, 0) is 31.4 Å². The molecule has 100 valence electrons. The van der Waals surface area contributed by atoms with Crippen LogP contribution in [0.25, 0.3) is 0 Å². The topological polar surface area (TPSA) is 24.9 Å². The molecule has 0 amide bonds. The number of aromatic nitrogens is 1. The summed E-state index contributed by atoms with van der Waals surface area (Å²) >= 11 is 1.82. The number of nitrogens with one attached hydrogen (secondary N) is 1. The molecule has 1 aromatic carbocycles. The van der Waals surface area contributed by atoms with E-state index in [0.717, 1.165) is 13.1 Å². The standard InChI is InChI=1S/C16H20N2S/c1-2-10-17-11-14-12-19-15(18-14)16(8-9-16)13-6-4-3-5-7-13/h3-7,12,17H,2,8-11H2,1H3. The van der Waals surface area contributed by atoms with Crippen molar-refractivity contribution in [2.24, 2.45) is 0 Å². The van der Waals surface area contributed by atoms with Crippen LogP contribution in [-0.2, 0) is 12.0 Å². The molecule has 1 heterocycles. The van der Waals surface area contributed by atoms with Gasteiger partial charge in [0.05, 0.1) is 5.69 Å². The average Bonchev–Trinajstić information content (AvgIpc) is 3.14. The van der Waals surface area contributed by atoms with Gasteiger partial charge in [-0.15, -0.1) is 11.3 Å². The van der Waals surface area contributed by atoms with Crippen molar-refractivity contribution in [1.82, 2.24) is 10.3 Å². The maximum atomic E-state index is 4.85. The molecule has 3 rings (SSSR count). The van der Waals surface area contributed by atoms with E-state index < -0.39 is 0 Å². The van der Waals surface area contributed by atoms with Gasteiger partial charge in [0.1, 0.15) is 5.01 Å². The molecule has 2 nitrogen and oxygen atoms in total. The van der Waals surface area contributed by atoms with Gasteiger partial charge in [-0.3, -0.25) is 0 Å². The van der Waals surface area contributed by atoms with Crippen LogP contribution >= 0.6 is 11.3 Å². The van der Waals surface area contributed by atoms with Gasteiger partial charge in [-0.1, -0.05) is 37.3 Å². The Morgan fingerprint density at radius 3 is 2.74 bits per heavy atom. The Morgan fingerprint density at radius 1 is 1.26 bits per heavy atom. The van der Waals surface area contributed by atoms with Gasteiger partial charge in [0.25, 0.3) is 0 Å². The van der Waals surface area contributed by atoms with Crippen LogP contribution in [0.4, 0.5) is 0 Å². The highest BCUT2D eigenvalue weighted by atomic mass is 32.1. The number of benzene rings is 1. The van der Waals surface area contributed by atoms with E-state index in [4.69, 9.17) is 4.98 Å². The lowest BCUT2D eigenvalue weighted by atomic mass is 9.97. The number of thiazole rings is 1. The summed E-state index contributed by atoms with van der Waals surface area (Å²) < 4.78 is 0. The molecule has 1 N–H and O–H groups in total. The van der Waals surface area contributed by atoms with Crippen LogP contribution in [0.3, 0.4) is 0 Å². The summed E-state index contributed by atoms with van der Waals surface area (Å²) in [6.07, 6.45) is 3.66. The predicted molar refractivity (Wildman–Crippen MR) is 80.6 cm³/mol. The Kier molecular flexibility index (Phi) is 3.67. The Hall–Kier alpha value is -1.19. The second-order valence-corrected chi connectivity index (χ2v) is 6.13. The zero-order valence-corrected chi connectivity index (χ0v) is 12.2. The third-order valence-corrected chi connectivity index (χ3v) is 4.87. The summed E-state index contributed by atoms with van der Waals surface area (Å²) in [4.78, 5) is 4.85.